The maximum Gasteiger partial charge on any atom is 0.140 e. The van der Waals surface area contributed by atoms with Gasteiger partial charge in [0.25, 0.3) is 0 Å². The lowest BCUT2D eigenvalue weighted by Gasteiger charge is -2.35. The standard InChI is InChI=1S/C12H21N3O/c1-3-15-9-8-14-11(15)12(16)6-4-10(13-2)5-7-12/h8-10,13,16H,3-7H2,1-2H3. The molecule has 2 rings (SSSR count). The minimum Gasteiger partial charge on any atom is -0.382 e. The molecule has 1 fully saturated rings. The molecule has 0 atom stereocenters. The van der Waals surface area contributed by atoms with Gasteiger partial charge >= 0.3 is 0 Å². The third-order valence-corrected chi connectivity index (χ3v) is 3.69. The highest BCUT2D eigenvalue weighted by Gasteiger charge is 2.37. The summed E-state index contributed by atoms with van der Waals surface area (Å²) in [6, 6.07) is 0.547. The van der Waals surface area contributed by atoms with E-state index < -0.39 is 5.60 Å². The van der Waals surface area contributed by atoms with Crippen molar-refractivity contribution < 1.29 is 5.11 Å². The first-order valence-corrected chi connectivity index (χ1v) is 6.11. The number of nitrogens with zero attached hydrogens (tertiary/aromatic N) is 2. The van der Waals surface area contributed by atoms with Gasteiger partial charge < -0.3 is 15.0 Å². The lowest BCUT2D eigenvalue weighted by atomic mass is 9.81. The van der Waals surface area contributed by atoms with Crippen LogP contribution in [0.25, 0.3) is 0 Å². The van der Waals surface area contributed by atoms with Gasteiger partial charge in [0.2, 0.25) is 0 Å². The van der Waals surface area contributed by atoms with Crippen LogP contribution < -0.4 is 5.32 Å². The fraction of sp³-hybridized carbons (Fsp3) is 0.750. The summed E-state index contributed by atoms with van der Waals surface area (Å²) in [4.78, 5) is 4.33. The van der Waals surface area contributed by atoms with Crippen LogP contribution in [-0.4, -0.2) is 27.7 Å². The van der Waals surface area contributed by atoms with Crippen molar-refractivity contribution in [2.24, 2.45) is 0 Å². The molecule has 1 aromatic rings. The first-order chi connectivity index (χ1) is 7.69. The van der Waals surface area contributed by atoms with Crippen LogP contribution in [0.1, 0.15) is 38.4 Å². The summed E-state index contributed by atoms with van der Waals surface area (Å²) in [5, 5.41) is 13.9. The van der Waals surface area contributed by atoms with E-state index >= 15 is 0 Å². The van der Waals surface area contributed by atoms with Gasteiger partial charge in [-0.25, -0.2) is 4.98 Å². The monoisotopic (exact) mass is 223 g/mol. The number of hydrogen-bond donors (Lipinski definition) is 2. The van der Waals surface area contributed by atoms with Gasteiger partial charge in [0.15, 0.2) is 0 Å². The van der Waals surface area contributed by atoms with Crippen LogP contribution in [0, 0.1) is 0 Å². The van der Waals surface area contributed by atoms with Crippen LogP contribution in [-0.2, 0) is 12.1 Å². The topological polar surface area (TPSA) is 50.1 Å². The highest BCUT2D eigenvalue weighted by atomic mass is 16.3. The molecule has 0 unspecified atom stereocenters. The van der Waals surface area contributed by atoms with Crippen LogP contribution in [0.4, 0.5) is 0 Å². The van der Waals surface area contributed by atoms with Crippen LogP contribution in [0.5, 0.6) is 0 Å². The van der Waals surface area contributed by atoms with E-state index in [2.05, 4.69) is 17.2 Å². The highest BCUT2D eigenvalue weighted by Crippen LogP contribution is 2.36. The Labute approximate surface area is 96.7 Å². The van der Waals surface area contributed by atoms with Gasteiger partial charge in [0, 0.05) is 25.0 Å². The van der Waals surface area contributed by atoms with E-state index in [1.54, 1.807) is 6.20 Å². The molecule has 0 aromatic carbocycles. The Morgan fingerprint density at radius 3 is 2.81 bits per heavy atom. The summed E-state index contributed by atoms with van der Waals surface area (Å²) in [7, 11) is 1.99. The lowest BCUT2D eigenvalue weighted by Crippen LogP contribution is -2.40. The molecule has 0 bridgehead atoms. The summed E-state index contributed by atoms with van der Waals surface area (Å²) in [6.07, 6.45) is 7.36. The van der Waals surface area contributed by atoms with Crippen LogP contribution in [0.15, 0.2) is 12.4 Å². The maximum atomic E-state index is 10.6. The second kappa shape index (κ2) is 4.55. The van der Waals surface area contributed by atoms with E-state index in [1.807, 2.05) is 17.8 Å². The van der Waals surface area contributed by atoms with Crippen molar-refractivity contribution in [2.75, 3.05) is 7.05 Å². The molecule has 0 spiro atoms. The summed E-state index contributed by atoms with van der Waals surface area (Å²) in [5.41, 5.74) is -0.715. The average Bonchev–Trinajstić information content (AvgIpc) is 2.79. The van der Waals surface area contributed by atoms with Crippen molar-refractivity contribution in [1.29, 1.82) is 0 Å². The minimum atomic E-state index is -0.715. The van der Waals surface area contributed by atoms with E-state index in [1.165, 1.54) is 0 Å². The highest BCUT2D eigenvalue weighted by molar-refractivity contribution is 5.07. The van der Waals surface area contributed by atoms with E-state index in [0.29, 0.717) is 6.04 Å². The zero-order valence-corrected chi connectivity index (χ0v) is 10.1. The van der Waals surface area contributed by atoms with Crippen molar-refractivity contribution in [3.05, 3.63) is 18.2 Å². The van der Waals surface area contributed by atoms with Crippen molar-refractivity contribution in [3.8, 4) is 0 Å². The Kier molecular flexibility index (Phi) is 3.30. The molecule has 1 heterocycles. The molecule has 90 valence electrons. The van der Waals surface area contributed by atoms with Gasteiger partial charge in [-0.3, -0.25) is 0 Å². The van der Waals surface area contributed by atoms with Crippen LogP contribution >= 0.6 is 0 Å². The Morgan fingerprint density at radius 2 is 2.25 bits per heavy atom. The maximum absolute atomic E-state index is 10.6. The number of aryl methyl sites for hydroxylation is 1. The second-order valence-electron chi connectivity index (χ2n) is 4.63. The third-order valence-electron chi connectivity index (χ3n) is 3.69. The third kappa shape index (κ3) is 1.99. The SMILES string of the molecule is CCn1ccnc1C1(O)CCC(NC)CC1. The van der Waals surface area contributed by atoms with Gasteiger partial charge in [-0.05, 0) is 39.7 Å². The van der Waals surface area contributed by atoms with E-state index in [4.69, 9.17) is 0 Å². The van der Waals surface area contributed by atoms with Crippen molar-refractivity contribution in [3.63, 3.8) is 0 Å². The molecule has 1 aliphatic carbocycles. The molecule has 0 aliphatic heterocycles. The zero-order chi connectivity index (χ0) is 11.6. The van der Waals surface area contributed by atoms with Gasteiger partial charge in [0.05, 0.1) is 0 Å². The van der Waals surface area contributed by atoms with Gasteiger partial charge in [-0.15, -0.1) is 0 Å². The van der Waals surface area contributed by atoms with Gasteiger partial charge in [0.1, 0.15) is 11.4 Å². The molecular weight excluding hydrogens is 202 g/mol. The molecule has 0 amide bonds. The van der Waals surface area contributed by atoms with Crippen LogP contribution in [0.3, 0.4) is 0 Å². The molecule has 1 aliphatic rings. The number of aliphatic hydroxyl groups is 1. The van der Waals surface area contributed by atoms with E-state index in [9.17, 15) is 5.11 Å². The fourth-order valence-electron chi connectivity index (χ4n) is 2.58. The first-order valence-electron chi connectivity index (χ1n) is 6.11. The smallest absolute Gasteiger partial charge is 0.140 e. The Balaban J connectivity index is 2.14. The number of aromatic nitrogens is 2. The predicted octanol–water partition coefficient (Wildman–Crippen LogP) is 1.25. The van der Waals surface area contributed by atoms with Crippen molar-refractivity contribution in [1.82, 2.24) is 14.9 Å². The van der Waals surface area contributed by atoms with E-state index in [0.717, 1.165) is 38.1 Å². The Bertz CT molecular complexity index is 340. The molecule has 4 nitrogen and oxygen atoms in total. The van der Waals surface area contributed by atoms with Crippen molar-refractivity contribution in [2.45, 2.75) is 50.8 Å². The molecule has 2 N–H and O–H groups in total. The van der Waals surface area contributed by atoms with Gasteiger partial charge in [-0.1, -0.05) is 0 Å². The molecule has 0 radical (unpaired) electrons. The quantitative estimate of drug-likeness (QED) is 0.811. The number of rotatable bonds is 3. The van der Waals surface area contributed by atoms with Crippen molar-refractivity contribution >= 4 is 0 Å². The summed E-state index contributed by atoms with van der Waals surface area (Å²) < 4.78 is 2.04. The summed E-state index contributed by atoms with van der Waals surface area (Å²) in [6.45, 7) is 2.95. The fourth-order valence-corrected chi connectivity index (χ4v) is 2.58. The molecule has 0 saturated heterocycles. The molecule has 16 heavy (non-hydrogen) atoms. The minimum absolute atomic E-state index is 0.547. The van der Waals surface area contributed by atoms with Crippen LogP contribution in [0.2, 0.25) is 0 Å². The molecule has 1 aromatic heterocycles. The molecular formula is C12H21N3O. The Morgan fingerprint density at radius 1 is 1.56 bits per heavy atom. The zero-order valence-electron chi connectivity index (χ0n) is 10.1. The second-order valence-corrected chi connectivity index (χ2v) is 4.63. The molecule has 1 saturated carbocycles. The number of imidazole rings is 1. The lowest BCUT2D eigenvalue weighted by molar-refractivity contribution is -0.0184. The summed E-state index contributed by atoms with van der Waals surface area (Å²) in [5.74, 6) is 0.838. The average molecular weight is 223 g/mol. The molecule has 4 heteroatoms. The normalized spacial score (nSPS) is 30.6. The van der Waals surface area contributed by atoms with Gasteiger partial charge in [-0.2, -0.15) is 0 Å². The summed E-state index contributed by atoms with van der Waals surface area (Å²) >= 11 is 0. The van der Waals surface area contributed by atoms with E-state index in [-0.39, 0.29) is 0 Å². The number of hydrogen-bond acceptors (Lipinski definition) is 3. The first kappa shape index (κ1) is 11.6. The largest absolute Gasteiger partial charge is 0.382 e. The predicted molar refractivity (Wildman–Crippen MR) is 63.1 cm³/mol. The number of nitrogens with one attached hydrogen (secondary N) is 1. The Hall–Kier alpha value is -0.870.